The van der Waals surface area contributed by atoms with Gasteiger partial charge < -0.3 is 15.4 Å². The third-order valence-electron chi connectivity index (χ3n) is 5.15. The number of esters is 1. The van der Waals surface area contributed by atoms with Crippen LogP contribution in [0.3, 0.4) is 0 Å². The Balaban J connectivity index is 1.81. The van der Waals surface area contributed by atoms with Gasteiger partial charge in [-0.25, -0.2) is 9.18 Å². The van der Waals surface area contributed by atoms with E-state index in [0.717, 1.165) is 16.3 Å². The number of amides is 2. The van der Waals surface area contributed by atoms with Crippen LogP contribution in [-0.2, 0) is 32.0 Å². The third-order valence-corrected chi connectivity index (χ3v) is 5.15. The molecule has 6 nitrogen and oxygen atoms in total. The van der Waals surface area contributed by atoms with Crippen molar-refractivity contribution in [3.8, 4) is 0 Å². The molecule has 0 aliphatic carbocycles. The molecule has 2 atom stereocenters. The molecule has 0 saturated carbocycles. The Bertz CT molecular complexity index is 1110. The lowest BCUT2D eigenvalue weighted by Crippen LogP contribution is -2.53. The minimum Gasteiger partial charge on any atom is -0.467 e. The third kappa shape index (κ3) is 5.91. The average molecular weight is 436 g/mol. The fraction of sp³-hybridized carbons (Fsp3) is 0.240. The number of fused-ring (bicyclic) bond motifs is 1. The Morgan fingerprint density at radius 3 is 2.25 bits per heavy atom. The highest BCUT2D eigenvalue weighted by atomic mass is 19.1. The van der Waals surface area contributed by atoms with Crippen LogP contribution in [0.15, 0.2) is 66.7 Å². The first-order valence-electron chi connectivity index (χ1n) is 10.2. The normalized spacial score (nSPS) is 12.6. The molecule has 0 aliphatic heterocycles. The maximum absolute atomic E-state index is 13.2. The van der Waals surface area contributed by atoms with E-state index in [2.05, 4.69) is 10.6 Å². The first-order valence-corrected chi connectivity index (χ1v) is 10.2. The number of carbonyl (C=O) groups is 3. The first-order chi connectivity index (χ1) is 15.4. The highest BCUT2D eigenvalue weighted by Crippen LogP contribution is 2.20. The van der Waals surface area contributed by atoms with Crippen LogP contribution < -0.4 is 10.6 Å². The van der Waals surface area contributed by atoms with Crippen LogP contribution in [0.25, 0.3) is 10.8 Å². The average Bonchev–Trinajstić information content (AvgIpc) is 2.79. The Morgan fingerprint density at radius 2 is 1.56 bits per heavy atom. The molecule has 0 bridgehead atoms. The zero-order valence-electron chi connectivity index (χ0n) is 17.9. The van der Waals surface area contributed by atoms with Crippen LogP contribution in [-0.4, -0.2) is 37.0 Å². The highest BCUT2D eigenvalue weighted by Gasteiger charge is 2.27. The van der Waals surface area contributed by atoms with Crippen LogP contribution in [0.1, 0.15) is 18.1 Å². The van der Waals surface area contributed by atoms with Gasteiger partial charge in [0.05, 0.1) is 7.11 Å². The number of methoxy groups -OCH3 is 1. The maximum atomic E-state index is 13.2. The van der Waals surface area contributed by atoms with Crippen LogP contribution in [0.2, 0.25) is 0 Å². The quantitative estimate of drug-likeness (QED) is 0.532. The topological polar surface area (TPSA) is 84.5 Å². The number of ether oxygens (including phenoxy) is 1. The van der Waals surface area contributed by atoms with Gasteiger partial charge in [-0.3, -0.25) is 9.59 Å². The largest absolute Gasteiger partial charge is 0.467 e. The van der Waals surface area contributed by atoms with Crippen molar-refractivity contribution < 1.29 is 23.5 Å². The van der Waals surface area contributed by atoms with Crippen molar-refractivity contribution in [1.82, 2.24) is 10.6 Å². The van der Waals surface area contributed by atoms with Crippen LogP contribution in [0.4, 0.5) is 4.39 Å². The van der Waals surface area contributed by atoms with Gasteiger partial charge in [-0.15, -0.1) is 0 Å². The van der Waals surface area contributed by atoms with Gasteiger partial charge >= 0.3 is 5.97 Å². The van der Waals surface area contributed by atoms with Gasteiger partial charge in [-0.2, -0.15) is 0 Å². The van der Waals surface area contributed by atoms with E-state index in [-0.39, 0.29) is 12.8 Å². The SMILES string of the molecule is COC(=O)[C@H](Cc1cccc2ccccc12)NC(=O)[C@@H](Cc1ccc(F)cc1)NC(C)=O. The molecule has 0 radical (unpaired) electrons. The van der Waals surface area contributed by atoms with Crippen molar-refractivity contribution in [3.05, 3.63) is 83.7 Å². The number of rotatable bonds is 8. The summed E-state index contributed by atoms with van der Waals surface area (Å²) in [5, 5.41) is 7.31. The second kappa shape index (κ2) is 10.5. The minimum atomic E-state index is -0.942. The lowest BCUT2D eigenvalue weighted by atomic mass is 9.98. The molecule has 0 aromatic heterocycles. The minimum absolute atomic E-state index is 0.147. The predicted molar refractivity (Wildman–Crippen MR) is 119 cm³/mol. The Morgan fingerprint density at radius 1 is 0.875 bits per heavy atom. The number of nitrogens with one attached hydrogen (secondary N) is 2. The number of hydrogen-bond donors (Lipinski definition) is 2. The van der Waals surface area contributed by atoms with Crippen molar-refractivity contribution >= 4 is 28.6 Å². The molecule has 2 amide bonds. The molecular formula is C25H25FN2O4. The molecule has 0 heterocycles. The Kier molecular flexibility index (Phi) is 7.54. The summed E-state index contributed by atoms with van der Waals surface area (Å²) in [6, 6.07) is 17.3. The summed E-state index contributed by atoms with van der Waals surface area (Å²) in [6.45, 7) is 1.30. The summed E-state index contributed by atoms with van der Waals surface area (Å²) in [5.74, 6) is -1.90. The number of carbonyl (C=O) groups excluding carboxylic acids is 3. The van der Waals surface area contributed by atoms with Gasteiger partial charge in [0.25, 0.3) is 0 Å². The van der Waals surface area contributed by atoms with E-state index in [1.54, 1.807) is 12.1 Å². The second-order valence-corrected chi connectivity index (χ2v) is 7.51. The summed E-state index contributed by atoms with van der Waals surface area (Å²) in [5.41, 5.74) is 1.55. The molecule has 0 aliphatic rings. The molecule has 0 saturated heterocycles. The molecule has 0 fully saturated rings. The molecule has 7 heteroatoms. The number of hydrogen-bond acceptors (Lipinski definition) is 4. The molecule has 3 aromatic carbocycles. The van der Waals surface area contributed by atoms with E-state index >= 15 is 0 Å². The maximum Gasteiger partial charge on any atom is 0.328 e. The molecule has 2 N–H and O–H groups in total. The van der Waals surface area contributed by atoms with Crippen LogP contribution in [0.5, 0.6) is 0 Å². The van der Waals surface area contributed by atoms with Crippen LogP contribution >= 0.6 is 0 Å². The van der Waals surface area contributed by atoms with Crippen molar-refractivity contribution in [3.63, 3.8) is 0 Å². The van der Waals surface area contributed by atoms with Crippen molar-refractivity contribution in [2.24, 2.45) is 0 Å². The summed E-state index contributed by atoms with van der Waals surface area (Å²) in [4.78, 5) is 37.2. The van der Waals surface area contributed by atoms with Gasteiger partial charge in [0, 0.05) is 19.8 Å². The zero-order valence-corrected chi connectivity index (χ0v) is 17.9. The molecule has 3 rings (SSSR count). The smallest absolute Gasteiger partial charge is 0.328 e. The molecule has 3 aromatic rings. The van der Waals surface area contributed by atoms with Crippen molar-refractivity contribution in [2.75, 3.05) is 7.11 Å². The monoisotopic (exact) mass is 436 g/mol. The van der Waals surface area contributed by atoms with E-state index in [9.17, 15) is 18.8 Å². The summed E-state index contributed by atoms with van der Waals surface area (Å²) in [7, 11) is 1.26. The molecule has 166 valence electrons. The summed E-state index contributed by atoms with van der Waals surface area (Å²) >= 11 is 0. The van der Waals surface area contributed by atoms with Gasteiger partial charge in [-0.05, 0) is 34.0 Å². The fourth-order valence-electron chi connectivity index (χ4n) is 3.61. The molecule has 0 unspecified atom stereocenters. The number of benzene rings is 3. The summed E-state index contributed by atoms with van der Waals surface area (Å²) in [6.07, 6.45) is 0.372. The van der Waals surface area contributed by atoms with Gasteiger partial charge in [-0.1, -0.05) is 54.6 Å². The zero-order chi connectivity index (χ0) is 23.1. The fourth-order valence-corrected chi connectivity index (χ4v) is 3.61. The standard InChI is InChI=1S/C25H25FN2O4/c1-16(29)27-22(14-17-10-12-20(26)13-11-17)24(30)28-23(25(31)32-2)15-19-8-5-7-18-6-3-4-9-21(18)19/h3-13,22-23H,14-15H2,1-2H3,(H,27,29)(H,28,30)/t22-,23+/m1/s1. The van der Waals surface area contributed by atoms with E-state index in [4.69, 9.17) is 4.74 Å². The van der Waals surface area contributed by atoms with Crippen molar-refractivity contribution in [1.29, 1.82) is 0 Å². The second-order valence-electron chi connectivity index (χ2n) is 7.51. The highest BCUT2D eigenvalue weighted by molar-refractivity contribution is 5.91. The lowest BCUT2D eigenvalue weighted by molar-refractivity contribution is -0.145. The van der Waals surface area contributed by atoms with E-state index < -0.39 is 35.7 Å². The van der Waals surface area contributed by atoms with Gasteiger partial charge in [0.2, 0.25) is 11.8 Å². The van der Waals surface area contributed by atoms with E-state index in [1.807, 2.05) is 42.5 Å². The van der Waals surface area contributed by atoms with E-state index in [0.29, 0.717) is 5.56 Å². The number of halogens is 1. The molecule has 0 spiro atoms. The van der Waals surface area contributed by atoms with Crippen LogP contribution in [0, 0.1) is 5.82 Å². The Labute approximate surface area is 185 Å². The summed E-state index contributed by atoms with van der Waals surface area (Å²) < 4.78 is 18.1. The Hall–Kier alpha value is -3.74. The molecular weight excluding hydrogens is 411 g/mol. The lowest BCUT2D eigenvalue weighted by Gasteiger charge is -2.22. The van der Waals surface area contributed by atoms with E-state index in [1.165, 1.54) is 26.2 Å². The predicted octanol–water partition coefficient (Wildman–Crippen LogP) is 2.93. The first kappa shape index (κ1) is 22.9. The van der Waals surface area contributed by atoms with Gasteiger partial charge in [0.1, 0.15) is 17.9 Å². The molecule has 32 heavy (non-hydrogen) atoms. The van der Waals surface area contributed by atoms with Crippen molar-refractivity contribution in [2.45, 2.75) is 31.8 Å². The van der Waals surface area contributed by atoms with Gasteiger partial charge in [0.15, 0.2) is 0 Å².